The topological polar surface area (TPSA) is 83.8 Å². The minimum atomic E-state index is -4.02. The van der Waals surface area contributed by atoms with Crippen LogP contribution in [-0.2, 0) is 14.9 Å². The minimum Gasteiger partial charge on any atom is -0.396 e. The lowest BCUT2D eigenvalue weighted by Gasteiger charge is -2.07. The highest BCUT2D eigenvalue weighted by molar-refractivity contribution is 7.85. The van der Waals surface area contributed by atoms with Crippen molar-refractivity contribution in [2.75, 3.05) is 19.8 Å². The van der Waals surface area contributed by atoms with Gasteiger partial charge in [0.25, 0.3) is 10.1 Å². The largest absolute Gasteiger partial charge is 0.396 e. The first-order chi connectivity index (χ1) is 9.81. The van der Waals surface area contributed by atoms with Gasteiger partial charge in [-0.25, -0.2) is 0 Å². The molecule has 21 heavy (non-hydrogen) atoms. The van der Waals surface area contributed by atoms with Gasteiger partial charge in [-0.2, -0.15) is 8.42 Å². The van der Waals surface area contributed by atoms with Gasteiger partial charge in [-0.05, 0) is 31.4 Å². The average molecular weight is 318 g/mol. The molecule has 0 bridgehead atoms. The van der Waals surface area contributed by atoms with Crippen LogP contribution in [0.2, 0.25) is 0 Å². The van der Waals surface area contributed by atoms with E-state index < -0.39 is 10.1 Å². The molecule has 0 unspecified atom stereocenters. The molecule has 2 N–H and O–H groups in total. The first-order valence-electron chi connectivity index (χ1n) is 7.04. The summed E-state index contributed by atoms with van der Waals surface area (Å²) in [6.45, 7) is 7.92. The van der Waals surface area contributed by atoms with E-state index in [0.717, 1.165) is 18.6 Å². The molecule has 5 nitrogen and oxygen atoms in total. The van der Waals surface area contributed by atoms with Crippen molar-refractivity contribution in [3.63, 3.8) is 0 Å². The quantitative estimate of drug-likeness (QED) is 0.596. The molecule has 0 saturated heterocycles. The highest BCUT2D eigenvalue weighted by atomic mass is 32.2. The number of hydrogen-bond donors (Lipinski definition) is 2. The molecule has 122 valence electrons. The van der Waals surface area contributed by atoms with Gasteiger partial charge in [0.2, 0.25) is 0 Å². The van der Waals surface area contributed by atoms with Crippen molar-refractivity contribution < 1.29 is 22.8 Å². The van der Waals surface area contributed by atoms with Crippen molar-refractivity contribution in [1.82, 2.24) is 0 Å². The highest BCUT2D eigenvalue weighted by Crippen LogP contribution is 2.08. The number of hydrogen-bond acceptors (Lipinski definition) is 4. The zero-order chi connectivity index (χ0) is 16.3. The van der Waals surface area contributed by atoms with Crippen LogP contribution in [0.3, 0.4) is 0 Å². The molecule has 1 aromatic carbocycles. The number of ether oxygens (including phenoxy) is 1. The lowest BCUT2D eigenvalue weighted by molar-refractivity contribution is 0.0902. The normalized spacial score (nSPS) is 12.4. The molecule has 6 heteroatoms. The summed E-state index contributed by atoms with van der Waals surface area (Å²) >= 11 is 0. The fourth-order valence-corrected chi connectivity index (χ4v) is 1.76. The zero-order valence-electron chi connectivity index (χ0n) is 12.9. The van der Waals surface area contributed by atoms with Crippen LogP contribution in [0.4, 0.5) is 0 Å². The number of benzene rings is 1. The average Bonchev–Trinajstić information content (AvgIpc) is 2.43. The van der Waals surface area contributed by atoms with Gasteiger partial charge in [-0.3, -0.25) is 4.55 Å². The summed E-state index contributed by atoms with van der Waals surface area (Å²) in [5, 5.41) is 8.41. The van der Waals surface area contributed by atoms with E-state index in [1.807, 2.05) is 6.92 Å². The van der Waals surface area contributed by atoms with Crippen molar-refractivity contribution in [3.8, 4) is 0 Å². The van der Waals surface area contributed by atoms with Crippen molar-refractivity contribution in [3.05, 3.63) is 29.8 Å². The Bertz CT molecular complexity index is 467. The zero-order valence-corrected chi connectivity index (χ0v) is 13.8. The lowest BCUT2D eigenvalue weighted by Crippen LogP contribution is -2.06. The Morgan fingerprint density at radius 1 is 1.24 bits per heavy atom. The van der Waals surface area contributed by atoms with Crippen LogP contribution in [0.1, 0.15) is 32.3 Å². The smallest absolute Gasteiger partial charge is 0.294 e. The Morgan fingerprint density at radius 2 is 1.81 bits per heavy atom. The Hall–Kier alpha value is -0.950. The van der Waals surface area contributed by atoms with Gasteiger partial charge >= 0.3 is 0 Å². The maximum absolute atomic E-state index is 10.5. The summed E-state index contributed by atoms with van der Waals surface area (Å²) in [5.74, 6) is 0.652. The van der Waals surface area contributed by atoms with Gasteiger partial charge in [0.1, 0.15) is 0 Å². The second-order valence-corrected chi connectivity index (χ2v) is 6.38. The molecule has 0 fully saturated rings. The fraction of sp³-hybridized carbons (Fsp3) is 0.600. The first kappa shape index (κ1) is 20.1. The maximum Gasteiger partial charge on any atom is 0.294 e. The van der Waals surface area contributed by atoms with Crippen LogP contribution in [0.25, 0.3) is 0 Å². The Kier molecular flexibility index (Phi) is 10.2. The van der Waals surface area contributed by atoms with Crippen molar-refractivity contribution in [1.29, 1.82) is 0 Å². The molecule has 0 aliphatic carbocycles. The minimum absolute atomic E-state index is 0.0666. The van der Waals surface area contributed by atoms with Crippen LogP contribution in [0, 0.1) is 12.8 Å². The number of rotatable bonds is 7. The van der Waals surface area contributed by atoms with E-state index in [-0.39, 0.29) is 11.5 Å². The molecule has 0 saturated carbocycles. The molecular weight excluding hydrogens is 292 g/mol. The van der Waals surface area contributed by atoms with Crippen molar-refractivity contribution in [2.24, 2.45) is 5.92 Å². The van der Waals surface area contributed by atoms with Crippen LogP contribution < -0.4 is 0 Å². The van der Waals surface area contributed by atoms with Crippen LogP contribution in [-0.4, -0.2) is 37.9 Å². The highest BCUT2D eigenvalue weighted by Gasteiger charge is 2.06. The SMILES string of the molecule is CC[C@H](C)COCCCO.Cc1ccc(S(=O)(=O)O)cc1. The molecule has 0 aromatic heterocycles. The molecule has 0 spiro atoms. The van der Waals surface area contributed by atoms with E-state index in [2.05, 4.69) is 13.8 Å². The van der Waals surface area contributed by atoms with E-state index in [4.69, 9.17) is 14.4 Å². The molecule has 0 heterocycles. The third-order valence-corrected chi connectivity index (χ3v) is 3.73. The summed E-state index contributed by atoms with van der Waals surface area (Å²) in [5.41, 5.74) is 0.956. The number of aliphatic hydroxyl groups excluding tert-OH is 1. The summed E-state index contributed by atoms with van der Waals surface area (Å²) in [4.78, 5) is -0.0666. The van der Waals surface area contributed by atoms with Crippen LogP contribution in [0.15, 0.2) is 29.2 Å². The third kappa shape index (κ3) is 10.4. The molecule has 1 rings (SSSR count). The Labute approximate surface area is 127 Å². The predicted molar refractivity (Wildman–Crippen MR) is 83.0 cm³/mol. The molecule has 0 radical (unpaired) electrons. The van der Waals surface area contributed by atoms with Gasteiger partial charge in [0, 0.05) is 19.8 Å². The summed E-state index contributed by atoms with van der Waals surface area (Å²) < 4.78 is 34.8. The summed E-state index contributed by atoms with van der Waals surface area (Å²) in [6.07, 6.45) is 1.93. The summed E-state index contributed by atoms with van der Waals surface area (Å²) in [7, 11) is -4.02. The van der Waals surface area contributed by atoms with Crippen LogP contribution >= 0.6 is 0 Å². The van der Waals surface area contributed by atoms with Crippen molar-refractivity contribution in [2.45, 2.75) is 38.5 Å². The van der Waals surface area contributed by atoms with Gasteiger partial charge < -0.3 is 9.84 Å². The molecule has 0 aliphatic heterocycles. The number of aryl methyl sites for hydroxylation is 1. The summed E-state index contributed by atoms with van der Waals surface area (Å²) in [6, 6.07) is 5.99. The Balaban J connectivity index is 0.000000384. The Morgan fingerprint density at radius 3 is 2.24 bits per heavy atom. The molecule has 1 atom stereocenters. The first-order valence-corrected chi connectivity index (χ1v) is 8.48. The number of aliphatic hydroxyl groups is 1. The van der Waals surface area contributed by atoms with E-state index in [0.29, 0.717) is 12.5 Å². The second-order valence-electron chi connectivity index (χ2n) is 4.95. The van der Waals surface area contributed by atoms with Crippen LogP contribution in [0.5, 0.6) is 0 Å². The molecule has 0 amide bonds. The standard InChI is InChI=1S/C8H18O2.C7H8O3S/c1-3-8(2)7-10-6-4-5-9;1-6-2-4-7(5-3-6)11(8,9)10/h8-9H,3-7H2,1-2H3;2-5H,1H3,(H,8,9,10)/t8-;/m0./s1. The van der Waals surface area contributed by atoms with Gasteiger partial charge in [-0.15, -0.1) is 0 Å². The predicted octanol–water partition coefficient (Wildman–Crippen LogP) is 2.67. The molecular formula is C15H26O5S. The molecule has 0 aliphatic rings. The van der Waals surface area contributed by atoms with E-state index in [1.165, 1.54) is 18.6 Å². The van der Waals surface area contributed by atoms with Gasteiger partial charge in [0.15, 0.2) is 0 Å². The monoisotopic (exact) mass is 318 g/mol. The van der Waals surface area contributed by atoms with Crippen molar-refractivity contribution >= 4 is 10.1 Å². The van der Waals surface area contributed by atoms with E-state index in [1.54, 1.807) is 12.1 Å². The fourth-order valence-electron chi connectivity index (χ4n) is 1.28. The third-order valence-electron chi connectivity index (χ3n) is 2.86. The van der Waals surface area contributed by atoms with Gasteiger partial charge in [0.05, 0.1) is 4.90 Å². The van der Waals surface area contributed by atoms with E-state index >= 15 is 0 Å². The maximum atomic E-state index is 10.5. The lowest BCUT2D eigenvalue weighted by atomic mass is 10.1. The van der Waals surface area contributed by atoms with E-state index in [9.17, 15) is 8.42 Å². The second kappa shape index (κ2) is 10.7. The molecule has 1 aromatic rings. The van der Waals surface area contributed by atoms with Gasteiger partial charge in [-0.1, -0.05) is 38.0 Å².